The molecule has 6 heteroatoms. The van der Waals surface area contributed by atoms with Gasteiger partial charge in [-0.05, 0) is 31.1 Å². The van der Waals surface area contributed by atoms with Gasteiger partial charge in [-0.15, -0.1) is 0 Å². The molecule has 6 nitrogen and oxygen atoms in total. The summed E-state index contributed by atoms with van der Waals surface area (Å²) in [5, 5.41) is 21.8. The highest BCUT2D eigenvalue weighted by Gasteiger charge is 2.72. The Morgan fingerprint density at radius 3 is 2.39 bits per heavy atom. The Kier molecular flexibility index (Phi) is 4.09. The number of hydrogen-bond acceptors (Lipinski definition) is 6. The van der Waals surface area contributed by atoms with E-state index in [1.54, 1.807) is 0 Å². The fraction of sp³-hybridized carbons (Fsp3) is 0.682. The van der Waals surface area contributed by atoms with Gasteiger partial charge in [0.1, 0.15) is 6.10 Å². The molecule has 0 aromatic carbocycles. The first-order valence-corrected chi connectivity index (χ1v) is 10.0. The number of fused-ring (bicyclic) bond motifs is 2. The average molecular weight is 388 g/mol. The lowest BCUT2D eigenvalue weighted by atomic mass is 9.50. The largest absolute Gasteiger partial charge is 0.453 e. The Balaban J connectivity index is 1.93. The van der Waals surface area contributed by atoms with Crippen molar-refractivity contribution in [3.63, 3.8) is 0 Å². The second kappa shape index (κ2) is 5.86. The van der Waals surface area contributed by atoms with Gasteiger partial charge in [0.25, 0.3) is 0 Å². The van der Waals surface area contributed by atoms with Crippen molar-refractivity contribution in [3.8, 4) is 0 Å². The summed E-state index contributed by atoms with van der Waals surface area (Å²) in [5.41, 5.74) is -0.862. The Morgan fingerprint density at radius 2 is 1.86 bits per heavy atom. The number of carbonyl (C=O) groups excluding carboxylic acids is 3. The molecule has 28 heavy (non-hydrogen) atoms. The fourth-order valence-electron chi connectivity index (χ4n) is 6.11. The van der Waals surface area contributed by atoms with Crippen molar-refractivity contribution in [2.24, 2.45) is 28.6 Å². The highest BCUT2D eigenvalue weighted by molar-refractivity contribution is 6.20. The zero-order valence-electron chi connectivity index (χ0n) is 16.8. The van der Waals surface area contributed by atoms with E-state index in [2.05, 4.69) is 6.58 Å². The van der Waals surface area contributed by atoms with E-state index in [4.69, 9.17) is 4.74 Å². The van der Waals surface area contributed by atoms with Crippen LogP contribution in [0.25, 0.3) is 0 Å². The van der Waals surface area contributed by atoms with Gasteiger partial charge in [-0.3, -0.25) is 14.4 Å². The number of aliphatic hydroxyl groups is 2. The van der Waals surface area contributed by atoms with Crippen LogP contribution in [0.15, 0.2) is 23.3 Å². The molecule has 0 amide bonds. The van der Waals surface area contributed by atoms with E-state index in [0.29, 0.717) is 12.8 Å². The number of ether oxygens (including phenoxy) is 1. The molecule has 2 saturated carbocycles. The van der Waals surface area contributed by atoms with Crippen LogP contribution in [0.2, 0.25) is 0 Å². The van der Waals surface area contributed by atoms with E-state index in [9.17, 15) is 24.6 Å². The average Bonchev–Trinajstić information content (AvgIpc) is 3.28. The summed E-state index contributed by atoms with van der Waals surface area (Å²) >= 11 is 0. The maximum Gasteiger partial charge on any atom is 0.303 e. The molecule has 4 aliphatic rings. The normalized spacial score (nSPS) is 47.7. The minimum Gasteiger partial charge on any atom is -0.453 e. The lowest BCUT2D eigenvalue weighted by molar-refractivity contribution is -0.162. The standard InChI is InChI=1S/C22H28O6/c1-9-6-7-21(5)14(11(9)3)17(25)16(24)13-15(21)18(26)20(28-12(4)23)22(19(13)27)8-10(22)2/h9-10,14,16-17,20,24-25H,3,6-8H2,1-2,4-5H3/t9-,10-,14-,16+,17+,20+,21+,22-/m1/s1. The summed E-state index contributed by atoms with van der Waals surface area (Å²) in [6.45, 7) is 11.1. The van der Waals surface area contributed by atoms with Gasteiger partial charge in [0.2, 0.25) is 5.78 Å². The summed E-state index contributed by atoms with van der Waals surface area (Å²) in [4.78, 5) is 38.9. The first-order valence-electron chi connectivity index (χ1n) is 10.0. The van der Waals surface area contributed by atoms with Crippen LogP contribution in [0.3, 0.4) is 0 Å². The summed E-state index contributed by atoms with van der Waals surface area (Å²) in [5.74, 6) is -1.85. The molecule has 152 valence electrons. The molecule has 2 N–H and O–H groups in total. The van der Waals surface area contributed by atoms with Crippen molar-refractivity contribution in [1.29, 1.82) is 0 Å². The second-order valence-corrected chi connectivity index (χ2v) is 9.46. The van der Waals surface area contributed by atoms with Crippen LogP contribution in [0.4, 0.5) is 0 Å². The van der Waals surface area contributed by atoms with Gasteiger partial charge in [0.15, 0.2) is 11.9 Å². The summed E-state index contributed by atoms with van der Waals surface area (Å²) < 4.78 is 5.40. The molecule has 0 radical (unpaired) electrons. The molecule has 0 aromatic heterocycles. The topological polar surface area (TPSA) is 101 Å². The Bertz CT molecular complexity index is 840. The zero-order valence-corrected chi connectivity index (χ0v) is 16.8. The zero-order chi connectivity index (χ0) is 20.8. The number of rotatable bonds is 1. The van der Waals surface area contributed by atoms with E-state index in [1.165, 1.54) is 6.92 Å². The molecule has 4 rings (SSSR count). The quantitative estimate of drug-likeness (QED) is 0.524. The Morgan fingerprint density at radius 1 is 1.25 bits per heavy atom. The van der Waals surface area contributed by atoms with Gasteiger partial charge < -0.3 is 14.9 Å². The molecule has 2 fully saturated rings. The van der Waals surface area contributed by atoms with Gasteiger partial charge in [-0.1, -0.05) is 32.9 Å². The van der Waals surface area contributed by atoms with Crippen molar-refractivity contribution in [2.45, 2.75) is 65.3 Å². The summed E-state index contributed by atoms with van der Waals surface area (Å²) in [7, 11) is 0. The van der Waals surface area contributed by atoms with Gasteiger partial charge in [-0.25, -0.2) is 0 Å². The smallest absolute Gasteiger partial charge is 0.303 e. The Hall–Kier alpha value is -1.79. The molecule has 0 bridgehead atoms. The molecule has 0 heterocycles. The van der Waals surface area contributed by atoms with E-state index in [0.717, 1.165) is 12.0 Å². The third kappa shape index (κ3) is 2.19. The summed E-state index contributed by atoms with van der Waals surface area (Å²) in [6.07, 6.45) is -1.99. The SMILES string of the molecule is C=C1[C@H](C)CC[C@]2(C)C3=C(C(=O)[C@]4(C[C@H]4C)[C@@H](OC(C)=O)C3=O)[C@H](O)[C@@H](O)[C@@H]12. The van der Waals surface area contributed by atoms with E-state index in [-0.39, 0.29) is 28.8 Å². The lowest BCUT2D eigenvalue weighted by Gasteiger charge is -2.55. The van der Waals surface area contributed by atoms with Crippen molar-refractivity contribution >= 4 is 17.5 Å². The molecule has 0 aliphatic heterocycles. The van der Waals surface area contributed by atoms with Crippen LogP contribution < -0.4 is 0 Å². The van der Waals surface area contributed by atoms with E-state index >= 15 is 0 Å². The fourth-order valence-corrected chi connectivity index (χ4v) is 6.11. The van der Waals surface area contributed by atoms with Crippen LogP contribution in [-0.4, -0.2) is 46.1 Å². The monoisotopic (exact) mass is 388 g/mol. The number of hydrogen-bond donors (Lipinski definition) is 2. The number of ketones is 2. The minimum atomic E-state index is -1.44. The number of esters is 1. The molecule has 0 saturated heterocycles. The van der Waals surface area contributed by atoms with Crippen molar-refractivity contribution in [3.05, 3.63) is 23.3 Å². The van der Waals surface area contributed by atoms with Crippen LogP contribution >= 0.6 is 0 Å². The predicted octanol–water partition coefficient (Wildman–Crippen LogP) is 1.74. The van der Waals surface area contributed by atoms with E-state index in [1.807, 2.05) is 20.8 Å². The minimum absolute atomic E-state index is 0.0337. The van der Waals surface area contributed by atoms with Crippen LogP contribution in [0, 0.1) is 28.6 Å². The van der Waals surface area contributed by atoms with Crippen LogP contribution in [-0.2, 0) is 19.1 Å². The summed E-state index contributed by atoms with van der Waals surface area (Å²) in [6, 6.07) is 0. The number of carbonyl (C=O) groups is 3. The number of aliphatic hydroxyl groups excluding tert-OH is 2. The lowest BCUT2D eigenvalue weighted by Crippen LogP contribution is -2.61. The maximum absolute atomic E-state index is 13.6. The maximum atomic E-state index is 13.6. The predicted molar refractivity (Wildman–Crippen MR) is 100.0 cm³/mol. The molecular weight excluding hydrogens is 360 g/mol. The highest BCUT2D eigenvalue weighted by Crippen LogP contribution is 2.65. The van der Waals surface area contributed by atoms with Crippen LogP contribution in [0.5, 0.6) is 0 Å². The third-order valence-corrected chi connectivity index (χ3v) is 7.88. The van der Waals surface area contributed by atoms with Crippen LogP contribution in [0.1, 0.15) is 47.0 Å². The first kappa shape index (κ1) is 19.5. The molecule has 8 atom stereocenters. The van der Waals surface area contributed by atoms with Gasteiger partial charge in [-0.2, -0.15) is 0 Å². The molecule has 4 aliphatic carbocycles. The molecule has 1 spiro atoms. The first-order chi connectivity index (χ1) is 13.0. The molecular formula is C22H28O6. The van der Waals surface area contributed by atoms with Crippen molar-refractivity contribution < 1.29 is 29.3 Å². The van der Waals surface area contributed by atoms with Gasteiger partial charge >= 0.3 is 5.97 Å². The van der Waals surface area contributed by atoms with Crippen molar-refractivity contribution in [1.82, 2.24) is 0 Å². The second-order valence-electron chi connectivity index (χ2n) is 9.46. The molecule has 0 unspecified atom stereocenters. The number of Topliss-reactive ketones (excluding diaryl/α,β-unsaturated/α-hetero) is 2. The Labute approximate surface area is 164 Å². The third-order valence-electron chi connectivity index (χ3n) is 7.88. The van der Waals surface area contributed by atoms with Crippen molar-refractivity contribution in [2.75, 3.05) is 0 Å². The van der Waals surface area contributed by atoms with E-state index < -0.39 is 46.8 Å². The van der Waals surface area contributed by atoms with Gasteiger partial charge in [0, 0.05) is 29.4 Å². The molecule has 0 aromatic rings. The van der Waals surface area contributed by atoms with Gasteiger partial charge in [0.05, 0.1) is 11.5 Å². The highest BCUT2D eigenvalue weighted by atomic mass is 16.5.